The molecule has 1 aromatic heterocycles. The van der Waals surface area contributed by atoms with Crippen LogP contribution in [0.5, 0.6) is 0 Å². The summed E-state index contributed by atoms with van der Waals surface area (Å²) in [5, 5.41) is 2.83. The number of nitrogens with one attached hydrogen (secondary N) is 1. The molecule has 0 fully saturated rings. The number of nitrogens with zero attached hydrogens (tertiary/aromatic N) is 2. The molecule has 0 radical (unpaired) electrons. The van der Waals surface area contributed by atoms with Gasteiger partial charge in [0.15, 0.2) is 5.82 Å². The lowest BCUT2D eigenvalue weighted by Gasteiger charge is -2.20. The van der Waals surface area contributed by atoms with Crippen LogP contribution in [0, 0.1) is 6.92 Å². The number of ether oxygens (including phenoxy) is 1. The maximum Gasteiger partial charge on any atom is 0.338 e. The van der Waals surface area contributed by atoms with Crippen LogP contribution in [0.15, 0.2) is 48.5 Å². The van der Waals surface area contributed by atoms with Gasteiger partial charge in [-0.3, -0.25) is 15.2 Å². The second kappa shape index (κ2) is 6.72. The molecule has 6 heteroatoms. The normalized spacial score (nSPS) is 12.7. The first kappa shape index (κ1) is 17.0. The molecule has 4 rings (SSSR count). The highest BCUT2D eigenvalue weighted by atomic mass is 16.5. The smallest absolute Gasteiger partial charge is 0.338 e. The van der Waals surface area contributed by atoms with E-state index in [4.69, 9.17) is 9.72 Å². The molecule has 1 amide bonds. The molecule has 3 aromatic rings. The first-order valence-electron chi connectivity index (χ1n) is 8.73. The number of hydrogen-bond acceptors (Lipinski definition) is 5. The quantitative estimate of drug-likeness (QED) is 0.726. The second-order valence-corrected chi connectivity index (χ2v) is 6.55. The number of amides is 1. The largest absolute Gasteiger partial charge is 0.465 e. The van der Waals surface area contributed by atoms with Gasteiger partial charge in [0.1, 0.15) is 0 Å². The minimum atomic E-state index is -0.540. The highest BCUT2D eigenvalue weighted by molar-refractivity contribution is 6.05. The van der Waals surface area contributed by atoms with Gasteiger partial charge in [-0.15, -0.1) is 0 Å². The van der Waals surface area contributed by atoms with Crippen LogP contribution in [-0.2, 0) is 11.2 Å². The summed E-state index contributed by atoms with van der Waals surface area (Å²) >= 11 is 0. The lowest BCUT2D eigenvalue weighted by atomic mass is 10.1. The van der Waals surface area contributed by atoms with E-state index in [-0.39, 0.29) is 17.0 Å². The van der Waals surface area contributed by atoms with Gasteiger partial charge < -0.3 is 4.74 Å². The van der Waals surface area contributed by atoms with Crippen molar-refractivity contribution in [2.24, 2.45) is 0 Å². The molecule has 2 heterocycles. The molecule has 0 saturated carbocycles. The van der Waals surface area contributed by atoms with Crippen molar-refractivity contribution >= 4 is 28.6 Å². The van der Waals surface area contributed by atoms with Gasteiger partial charge in [0, 0.05) is 11.9 Å². The van der Waals surface area contributed by atoms with Crippen LogP contribution in [0.4, 0.5) is 5.82 Å². The number of anilines is 1. The van der Waals surface area contributed by atoms with Crippen LogP contribution in [0.3, 0.4) is 0 Å². The number of pyridine rings is 1. The second-order valence-electron chi connectivity index (χ2n) is 6.55. The van der Waals surface area contributed by atoms with Crippen LogP contribution < -0.4 is 10.4 Å². The number of esters is 1. The van der Waals surface area contributed by atoms with E-state index in [2.05, 4.69) is 23.6 Å². The Morgan fingerprint density at radius 3 is 2.67 bits per heavy atom. The SMILES string of the molecule is COC(=O)c1ccccc1C(=O)NN1CCc2cc3ccc(C)cc3nc21. The van der Waals surface area contributed by atoms with Gasteiger partial charge in [-0.2, -0.15) is 0 Å². The van der Waals surface area contributed by atoms with E-state index in [0.717, 1.165) is 34.3 Å². The van der Waals surface area contributed by atoms with Gasteiger partial charge in [0.05, 0.1) is 23.8 Å². The average molecular weight is 361 g/mol. The van der Waals surface area contributed by atoms with Gasteiger partial charge >= 0.3 is 5.97 Å². The van der Waals surface area contributed by atoms with E-state index in [1.165, 1.54) is 7.11 Å². The zero-order valence-electron chi connectivity index (χ0n) is 15.2. The van der Waals surface area contributed by atoms with Gasteiger partial charge in [-0.05, 0) is 48.7 Å². The molecule has 0 aliphatic carbocycles. The molecule has 1 N–H and O–H groups in total. The lowest BCUT2D eigenvalue weighted by molar-refractivity contribution is 0.0596. The fraction of sp³-hybridized carbons (Fsp3) is 0.190. The van der Waals surface area contributed by atoms with Crippen LogP contribution in [0.2, 0.25) is 0 Å². The van der Waals surface area contributed by atoms with E-state index in [0.29, 0.717) is 6.54 Å². The minimum absolute atomic E-state index is 0.235. The number of methoxy groups -OCH3 is 1. The summed E-state index contributed by atoms with van der Waals surface area (Å²) in [6, 6.07) is 14.9. The Labute approximate surface area is 156 Å². The summed E-state index contributed by atoms with van der Waals surface area (Å²) in [6.45, 7) is 2.65. The first-order chi connectivity index (χ1) is 13.1. The molecule has 27 heavy (non-hydrogen) atoms. The van der Waals surface area contributed by atoms with Gasteiger partial charge in [0.2, 0.25) is 0 Å². The third kappa shape index (κ3) is 3.10. The van der Waals surface area contributed by atoms with Crippen LogP contribution in [-0.4, -0.2) is 30.5 Å². The Kier molecular flexibility index (Phi) is 4.24. The molecule has 0 atom stereocenters. The number of aromatic nitrogens is 1. The Bertz CT molecular complexity index is 1060. The first-order valence-corrected chi connectivity index (χ1v) is 8.73. The minimum Gasteiger partial charge on any atom is -0.465 e. The zero-order chi connectivity index (χ0) is 19.0. The molecule has 136 valence electrons. The average Bonchev–Trinajstić information content (AvgIpc) is 3.07. The van der Waals surface area contributed by atoms with Crippen LogP contribution >= 0.6 is 0 Å². The number of hydrogen-bond donors (Lipinski definition) is 1. The number of carbonyl (C=O) groups excluding carboxylic acids is 2. The van der Waals surface area contributed by atoms with Crippen molar-refractivity contribution < 1.29 is 14.3 Å². The zero-order valence-corrected chi connectivity index (χ0v) is 15.2. The number of hydrazine groups is 1. The molecule has 6 nitrogen and oxygen atoms in total. The number of aryl methyl sites for hydroxylation is 1. The Morgan fingerprint density at radius 1 is 1.11 bits per heavy atom. The highest BCUT2D eigenvalue weighted by Crippen LogP contribution is 2.28. The monoisotopic (exact) mass is 361 g/mol. The van der Waals surface area contributed by atoms with E-state index < -0.39 is 5.97 Å². The highest BCUT2D eigenvalue weighted by Gasteiger charge is 2.25. The van der Waals surface area contributed by atoms with Crippen molar-refractivity contribution in [3.63, 3.8) is 0 Å². The predicted octanol–water partition coefficient (Wildman–Crippen LogP) is 3.04. The van der Waals surface area contributed by atoms with Gasteiger partial charge in [0.25, 0.3) is 5.91 Å². The van der Waals surface area contributed by atoms with Crippen molar-refractivity contribution in [1.29, 1.82) is 0 Å². The summed E-state index contributed by atoms with van der Waals surface area (Å²) in [4.78, 5) is 29.4. The van der Waals surface area contributed by atoms with Crippen molar-refractivity contribution in [3.8, 4) is 0 Å². The van der Waals surface area contributed by atoms with E-state index in [1.807, 2.05) is 13.0 Å². The predicted molar refractivity (Wildman–Crippen MR) is 103 cm³/mol. The molecule has 0 spiro atoms. The van der Waals surface area contributed by atoms with Crippen molar-refractivity contribution in [3.05, 3.63) is 70.8 Å². The number of carbonyl (C=O) groups is 2. The van der Waals surface area contributed by atoms with E-state index >= 15 is 0 Å². The molecule has 1 aliphatic rings. The molecular weight excluding hydrogens is 342 g/mol. The fourth-order valence-corrected chi connectivity index (χ4v) is 3.33. The van der Waals surface area contributed by atoms with Crippen LogP contribution in [0.25, 0.3) is 10.9 Å². The fourth-order valence-electron chi connectivity index (χ4n) is 3.33. The summed E-state index contributed by atoms with van der Waals surface area (Å²) in [5.41, 5.74) is 6.50. The summed E-state index contributed by atoms with van der Waals surface area (Å²) in [5.74, 6) is -0.158. The van der Waals surface area contributed by atoms with Gasteiger partial charge in [-0.25, -0.2) is 9.78 Å². The van der Waals surface area contributed by atoms with E-state index in [1.54, 1.807) is 29.3 Å². The third-order valence-corrected chi connectivity index (χ3v) is 4.70. The summed E-state index contributed by atoms with van der Waals surface area (Å²) in [7, 11) is 1.30. The Morgan fingerprint density at radius 2 is 1.89 bits per heavy atom. The molecule has 0 bridgehead atoms. The van der Waals surface area contributed by atoms with Crippen molar-refractivity contribution in [2.75, 3.05) is 18.7 Å². The Balaban J connectivity index is 1.64. The molecule has 2 aromatic carbocycles. The lowest BCUT2D eigenvalue weighted by Crippen LogP contribution is -2.42. The topological polar surface area (TPSA) is 71.5 Å². The standard InChI is InChI=1S/C21H19N3O3/c1-13-7-8-14-12-15-9-10-24(19(15)22-18(14)11-13)23-20(25)16-5-3-4-6-17(16)21(26)27-2/h3-8,11-12H,9-10H2,1-2H3,(H,23,25). The van der Waals surface area contributed by atoms with Crippen molar-refractivity contribution in [1.82, 2.24) is 10.4 Å². The maximum absolute atomic E-state index is 12.8. The maximum atomic E-state index is 12.8. The molecular formula is C21H19N3O3. The summed E-state index contributed by atoms with van der Waals surface area (Å²) in [6.07, 6.45) is 0.797. The molecule has 0 unspecified atom stereocenters. The van der Waals surface area contributed by atoms with Gasteiger partial charge in [-0.1, -0.05) is 24.3 Å². The van der Waals surface area contributed by atoms with Crippen molar-refractivity contribution in [2.45, 2.75) is 13.3 Å². The number of rotatable bonds is 3. The van der Waals surface area contributed by atoms with Crippen LogP contribution in [0.1, 0.15) is 31.8 Å². The molecule has 1 aliphatic heterocycles. The Hall–Kier alpha value is -3.41. The summed E-state index contributed by atoms with van der Waals surface area (Å²) < 4.78 is 4.77. The van der Waals surface area contributed by atoms with E-state index in [9.17, 15) is 9.59 Å². The molecule has 0 saturated heterocycles. The number of benzene rings is 2. The number of fused-ring (bicyclic) bond motifs is 2. The third-order valence-electron chi connectivity index (χ3n) is 4.70.